The molecule has 120 heavy (non-hydrogen) atoms. The number of nitrogens with zero attached hydrogens (tertiary/aromatic N) is 14. The van der Waals surface area contributed by atoms with Crippen LogP contribution in [0.25, 0.3) is 202 Å². The molecule has 10 heterocycles. The number of aromatic nitrogens is 14. The summed E-state index contributed by atoms with van der Waals surface area (Å²) in [6.07, 6.45) is 22.1. The average molecular weight is 1540 g/mol. The van der Waals surface area contributed by atoms with E-state index in [-0.39, 0.29) is 0 Å². The molecule has 0 saturated carbocycles. The molecule has 0 aliphatic rings. The highest BCUT2D eigenvalue weighted by Crippen LogP contribution is 2.44. The molecule has 0 unspecified atom stereocenters. The molecule has 0 atom stereocenters. The fourth-order valence-electron chi connectivity index (χ4n) is 15.0. The van der Waals surface area contributed by atoms with Crippen LogP contribution >= 0.6 is 0 Å². The van der Waals surface area contributed by atoms with Crippen molar-refractivity contribution in [3.8, 4) is 202 Å². The monoisotopic (exact) mass is 1540 g/mol. The Morgan fingerprint density at radius 3 is 0.608 bits per heavy atom. The lowest BCUT2D eigenvalue weighted by atomic mass is 9.89. The van der Waals surface area contributed by atoms with Crippen LogP contribution in [0.15, 0.2) is 426 Å². The van der Waals surface area contributed by atoms with Crippen LogP contribution in [0.5, 0.6) is 0 Å². The van der Waals surface area contributed by atoms with Gasteiger partial charge in [0.1, 0.15) is 0 Å². The number of benzene rings is 10. The molecule has 0 bridgehead atoms. The maximum Gasteiger partial charge on any atom is 0.164 e. The Balaban J connectivity index is 0.000000159. The topological polar surface area (TPSA) is 180 Å². The van der Waals surface area contributed by atoms with Crippen molar-refractivity contribution in [1.82, 2.24) is 69.8 Å². The van der Waals surface area contributed by atoms with Gasteiger partial charge in [0, 0.05) is 152 Å². The van der Waals surface area contributed by atoms with Gasteiger partial charge in [-0.15, -0.1) is 0 Å². The third-order valence-corrected chi connectivity index (χ3v) is 20.8. The Labute approximate surface area is 694 Å². The summed E-state index contributed by atoms with van der Waals surface area (Å²) in [6, 6.07) is 120. The quantitative estimate of drug-likeness (QED) is 0.0791. The van der Waals surface area contributed by atoms with Gasteiger partial charge in [0.15, 0.2) is 34.9 Å². The van der Waals surface area contributed by atoms with Crippen molar-refractivity contribution in [2.24, 2.45) is 0 Å². The predicted molar refractivity (Wildman–Crippen MR) is 480 cm³/mol. The first-order chi connectivity index (χ1) is 59.5. The lowest BCUT2D eigenvalue weighted by Crippen LogP contribution is -2.00. The molecule has 14 heteroatoms. The van der Waals surface area contributed by atoms with E-state index in [1.165, 1.54) is 0 Å². The normalized spacial score (nSPS) is 11.0. The summed E-state index contributed by atoms with van der Waals surface area (Å²) in [5.74, 6) is 3.54. The highest BCUT2D eigenvalue weighted by Gasteiger charge is 2.23. The summed E-state index contributed by atoms with van der Waals surface area (Å²) in [5.41, 5.74) is 29.2. The minimum atomic E-state index is 0.566. The Morgan fingerprint density at radius 2 is 0.350 bits per heavy atom. The largest absolute Gasteiger partial charge is 0.264 e. The first-order valence-corrected chi connectivity index (χ1v) is 39.4. The highest BCUT2D eigenvalue weighted by molar-refractivity contribution is 5.93. The van der Waals surface area contributed by atoms with E-state index in [0.717, 1.165) is 167 Å². The molecule has 0 spiro atoms. The van der Waals surface area contributed by atoms with Crippen molar-refractivity contribution in [3.63, 3.8) is 0 Å². The SMILES string of the molecule is c1ccc(-c2nc(-c3ccccc3)nc(-c3cc(-c4ccc(-c5ccccn5)c(-c5ccccn5)c4)cc(-c4ccc(-c5ccccn5)c(-c5ccccn5)c4)c3)n2)cc1.c1ccc(-c2nc(-c3ccccc3)nc(-c3cc(-c4ccc(-c5cccnc5)c(-c5cccnc5)c4)cc(-c4ccc(-c5cccnc5)c(-c5cccnc5)c4)c3)n2)cc1. The van der Waals surface area contributed by atoms with E-state index in [9.17, 15) is 0 Å². The van der Waals surface area contributed by atoms with Crippen molar-refractivity contribution in [1.29, 1.82) is 0 Å². The standard InChI is InChI=1S/2C53H35N7/c1-3-15-36(16-4-1)51-58-52(37-17-5-2-6-18-37)60-53(59-51)42-32-40(38-23-25-43(47-19-7-11-27-54-47)45(34-38)49-21-9-13-29-56-49)31-41(33-42)39-24-26-44(48-20-8-12-28-55-48)46(35-39)50-22-10-14-30-57-50;1-3-11-36(12-4-1)51-58-52(37-13-5-2-6-14-37)60-53(59-51)46-28-44(38-19-21-47(40-15-7-23-54-32-40)49(30-38)42-17-9-25-56-34-42)27-45(29-46)39-20-22-48(41-16-8-24-55-33-41)50(31-39)43-18-10-26-57-35-43/h2*1-35H. The molecule has 14 nitrogen and oxygen atoms in total. The number of pyridine rings is 8. The summed E-state index contributed by atoms with van der Waals surface area (Å²) < 4.78 is 0. The second-order valence-corrected chi connectivity index (χ2v) is 28.5. The second-order valence-electron chi connectivity index (χ2n) is 28.5. The van der Waals surface area contributed by atoms with E-state index < -0.39 is 0 Å². The lowest BCUT2D eigenvalue weighted by molar-refractivity contribution is 1.07. The minimum absolute atomic E-state index is 0.566. The smallest absolute Gasteiger partial charge is 0.164 e. The maximum absolute atomic E-state index is 5.15. The van der Waals surface area contributed by atoms with Gasteiger partial charge >= 0.3 is 0 Å². The number of hydrogen-bond acceptors (Lipinski definition) is 14. The van der Waals surface area contributed by atoms with E-state index in [0.29, 0.717) is 34.9 Å². The van der Waals surface area contributed by atoms with Crippen molar-refractivity contribution in [2.45, 2.75) is 0 Å². The summed E-state index contributed by atoms with van der Waals surface area (Å²) in [5, 5.41) is 0. The number of hydrogen-bond donors (Lipinski definition) is 0. The van der Waals surface area contributed by atoms with E-state index in [1.807, 2.05) is 268 Å². The van der Waals surface area contributed by atoms with Crippen LogP contribution in [0.4, 0.5) is 0 Å². The van der Waals surface area contributed by atoms with Crippen LogP contribution in [0, 0.1) is 0 Å². The summed E-state index contributed by atoms with van der Waals surface area (Å²) in [4.78, 5) is 67.4. The number of rotatable bonds is 18. The van der Waals surface area contributed by atoms with Crippen LogP contribution in [0.3, 0.4) is 0 Å². The maximum atomic E-state index is 5.15. The van der Waals surface area contributed by atoms with Crippen LogP contribution in [-0.4, -0.2) is 69.8 Å². The molecule has 10 aromatic carbocycles. The molecule has 0 amide bonds. The van der Waals surface area contributed by atoms with Gasteiger partial charge < -0.3 is 0 Å². The highest BCUT2D eigenvalue weighted by atomic mass is 15.0. The minimum Gasteiger partial charge on any atom is -0.264 e. The molecule has 10 aromatic heterocycles. The van der Waals surface area contributed by atoms with Gasteiger partial charge in [-0.05, 0) is 200 Å². The van der Waals surface area contributed by atoms with Crippen LogP contribution in [0.2, 0.25) is 0 Å². The molecule has 0 saturated heterocycles. The first-order valence-electron chi connectivity index (χ1n) is 39.4. The third-order valence-electron chi connectivity index (χ3n) is 20.8. The molecular formula is C106H70N14. The van der Waals surface area contributed by atoms with Crippen molar-refractivity contribution in [3.05, 3.63) is 426 Å². The first kappa shape index (κ1) is 73.6. The van der Waals surface area contributed by atoms with Gasteiger partial charge in [-0.1, -0.05) is 218 Å². The summed E-state index contributed by atoms with van der Waals surface area (Å²) in [7, 11) is 0. The molecule has 0 aliphatic carbocycles. The predicted octanol–water partition coefficient (Wildman–Crippen LogP) is 24.9. The molecule has 0 aliphatic heterocycles. The molecular weight excluding hydrogens is 1470 g/mol. The van der Waals surface area contributed by atoms with Crippen molar-refractivity contribution in [2.75, 3.05) is 0 Å². The van der Waals surface area contributed by atoms with Crippen LogP contribution in [-0.2, 0) is 0 Å². The van der Waals surface area contributed by atoms with Crippen molar-refractivity contribution < 1.29 is 0 Å². The fraction of sp³-hybridized carbons (Fsp3) is 0. The van der Waals surface area contributed by atoms with Crippen LogP contribution < -0.4 is 0 Å². The Morgan fingerprint density at radius 1 is 0.125 bits per heavy atom. The average Bonchev–Trinajstić information content (AvgIpc) is 0.767. The summed E-state index contributed by atoms with van der Waals surface area (Å²) in [6.45, 7) is 0. The van der Waals surface area contributed by atoms with E-state index in [4.69, 9.17) is 49.8 Å². The summed E-state index contributed by atoms with van der Waals surface area (Å²) >= 11 is 0. The van der Waals surface area contributed by atoms with Crippen LogP contribution in [0.1, 0.15) is 0 Å². The van der Waals surface area contributed by atoms with E-state index in [1.54, 1.807) is 24.8 Å². The Hall–Kier alpha value is -16.6. The third kappa shape index (κ3) is 16.2. The molecule has 20 rings (SSSR count). The van der Waals surface area contributed by atoms with Crippen molar-refractivity contribution >= 4 is 0 Å². The fourth-order valence-corrected chi connectivity index (χ4v) is 15.0. The molecule has 0 N–H and O–H groups in total. The molecule has 0 radical (unpaired) electrons. The van der Waals surface area contributed by atoms with Gasteiger partial charge in [-0.2, -0.15) is 0 Å². The Kier molecular flexibility index (Phi) is 21.0. The zero-order valence-electron chi connectivity index (χ0n) is 64.7. The Bertz CT molecular complexity index is 6130. The van der Waals surface area contributed by atoms with Gasteiger partial charge in [0.2, 0.25) is 0 Å². The van der Waals surface area contributed by atoms with Gasteiger partial charge in [0.05, 0.1) is 22.8 Å². The molecule has 20 aromatic rings. The zero-order valence-corrected chi connectivity index (χ0v) is 64.7. The van der Waals surface area contributed by atoms with E-state index >= 15 is 0 Å². The zero-order chi connectivity index (χ0) is 80.2. The molecule has 0 fully saturated rings. The van der Waals surface area contributed by atoms with Gasteiger partial charge in [-0.3, -0.25) is 39.9 Å². The lowest BCUT2D eigenvalue weighted by Gasteiger charge is -2.16. The van der Waals surface area contributed by atoms with Gasteiger partial charge in [-0.25, -0.2) is 29.9 Å². The van der Waals surface area contributed by atoms with Gasteiger partial charge in [0.25, 0.3) is 0 Å². The second kappa shape index (κ2) is 34.2. The molecule has 564 valence electrons. The van der Waals surface area contributed by atoms with E-state index in [2.05, 4.69) is 153 Å².